The number of amides is 2. The van der Waals surface area contributed by atoms with Crippen LogP contribution in [0.5, 0.6) is 0 Å². The van der Waals surface area contributed by atoms with Crippen molar-refractivity contribution in [3.05, 3.63) is 71.4 Å². The van der Waals surface area contributed by atoms with Crippen LogP contribution in [0.1, 0.15) is 23.3 Å². The molecule has 1 saturated heterocycles. The van der Waals surface area contributed by atoms with E-state index in [9.17, 15) is 18.4 Å². The van der Waals surface area contributed by atoms with Crippen molar-refractivity contribution in [2.24, 2.45) is 0 Å². The monoisotopic (exact) mass is 509 g/mol. The van der Waals surface area contributed by atoms with Crippen molar-refractivity contribution >= 4 is 45.6 Å². The highest BCUT2D eigenvalue weighted by atomic mass is 32.1. The molecule has 36 heavy (non-hydrogen) atoms. The van der Waals surface area contributed by atoms with Gasteiger partial charge in [-0.2, -0.15) is 0 Å². The quantitative estimate of drug-likeness (QED) is 0.345. The molecule has 2 amide bonds. The number of halogens is 2. The van der Waals surface area contributed by atoms with Crippen LogP contribution < -0.4 is 15.5 Å². The molecule has 11 heteroatoms. The first-order valence-corrected chi connectivity index (χ1v) is 12.1. The highest BCUT2D eigenvalue weighted by molar-refractivity contribution is 7.13. The second-order valence-electron chi connectivity index (χ2n) is 8.36. The highest BCUT2D eigenvalue weighted by Gasteiger charge is 2.26. The number of nitrogens with one attached hydrogen (secondary N) is 2. The summed E-state index contributed by atoms with van der Waals surface area (Å²) in [5.41, 5.74) is 1.62. The Kier molecular flexibility index (Phi) is 6.47. The van der Waals surface area contributed by atoms with Crippen LogP contribution in [0, 0.1) is 11.6 Å². The van der Waals surface area contributed by atoms with E-state index in [-0.39, 0.29) is 22.3 Å². The minimum Gasteiger partial charge on any atom is -0.465 e. The molecule has 5 rings (SSSR count). The molecular formula is C25H21F2N5O3S. The third-order valence-electron chi connectivity index (χ3n) is 5.97. The number of piperidine rings is 1. The average molecular weight is 510 g/mol. The number of carbonyl (C=O) groups excluding carboxylic acids is 1. The van der Waals surface area contributed by atoms with Gasteiger partial charge in [0.25, 0.3) is 5.91 Å². The Morgan fingerprint density at radius 3 is 2.67 bits per heavy atom. The lowest BCUT2D eigenvalue weighted by Crippen LogP contribution is -2.47. The van der Waals surface area contributed by atoms with Gasteiger partial charge in [0.1, 0.15) is 22.3 Å². The number of hydrogen-bond donors (Lipinski definition) is 3. The summed E-state index contributed by atoms with van der Waals surface area (Å²) in [6, 6.07) is 10.8. The number of hydrogen-bond acceptors (Lipinski definition) is 6. The Morgan fingerprint density at radius 2 is 1.89 bits per heavy atom. The smallest absolute Gasteiger partial charge is 0.404 e. The summed E-state index contributed by atoms with van der Waals surface area (Å²) in [5, 5.41) is 16.9. The van der Waals surface area contributed by atoms with Crippen LogP contribution in [0.25, 0.3) is 21.5 Å². The molecule has 0 unspecified atom stereocenters. The molecule has 2 aromatic heterocycles. The second-order valence-corrected chi connectivity index (χ2v) is 9.22. The van der Waals surface area contributed by atoms with Gasteiger partial charge in [0.2, 0.25) is 0 Å². The predicted octanol–water partition coefficient (Wildman–Crippen LogP) is 5.13. The number of nitrogens with zero attached hydrogens (tertiary/aromatic N) is 3. The normalized spacial score (nSPS) is 15.6. The SMILES string of the molecule is O=C(O)N[C@H]1CCCN(c2c(NC(=O)c3csc(-c4c(F)cccc4F)n3)cnc3ccccc23)C1. The van der Waals surface area contributed by atoms with Gasteiger partial charge in [-0.25, -0.2) is 18.6 Å². The van der Waals surface area contributed by atoms with Crippen LogP contribution in [0.2, 0.25) is 0 Å². The van der Waals surface area contributed by atoms with Crippen molar-refractivity contribution in [3.8, 4) is 10.6 Å². The number of benzene rings is 2. The molecule has 1 aliphatic heterocycles. The summed E-state index contributed by atoms with van der Waals surface area (Å²) in [4.78, 5) is 35.0. The number of rotatable bonds is 5. The number of anilines is 2. The van der Waals surface area contributed by atoms with E-state index in [4.69, 9.17) is 5.11 Å². The van der Waals surface area contributed by atoms with Crippen LogP contribution in [0.15, 0.2) is 54.0 Å². The highest BCUT2D eigenvalue weighted by Crippen LogP contribution is 2.36. The summed E-state index contributed by atoms with van der Waals surface area (Å²) in [6.07, 6.45) is 1.94. The van der Waals surface area contributed by atoms with Crippen molar-refractivity contribution < 1.29 is 23.5 Å². The standard InChI is InChI=1S/C25H21F2N5O3S/c26-16-7-3-8-17(27)21(16)24-31-20(13-36-24)23(33)30-19-11-28-18-9-2-1-6-15(18)22(19)32-10-4-5-14(12-32)29-25(34)35/h1-3,6-9,11,13-14,29H,4-5,10,12H2,(H,30,33)(H,34,35)/t14-/m0/s1. The van der Waals surface area contributed by atoms with E-state index >= 15 is 0 Å². The molecule has 3 N–H and O–H groups in total. The van der Waals surface area contributed by atoms with Gasteiger partial charge in [-0.05, 0) is 31.0 Å². The van der Waals surface area contributed by atoms with Crippen LogP contribution in [0.3, 0.4) is 0 Å². The van der Waals surface area contributed by atoms with Crippen LogP contribution in [0.4, 0.5) is 25.0 Å². The molecule has 4 aromatic rings. The molecule has 0 spiro atoms. The number of aromatic nitrogens is 2. The number of para-hydroxylation sites is 1. The zero-order chi connectivity index (χ0) is 25.2. The van der Waals surface area contributed by atoms with Gasteiger partial charge in [-0.1, -0.05) is 24.3 Å². The Balaban J connectivity index is 1.47. The summed E-state index contributed by atoms with van der Waals surface area (Å²) < 4.78 is 28.4. The Labute approximate surface area is 208 Å². The fourth-order valence-corrected chi connectivity index (χ4v) is 5.26. The third kappa shape index (κ3) is 4.69. The van der Waals surface area contributed by atoms with Crippen LogP contribution in [-0.4, -0.2) is 46.2 Å². The van der Waals surface area contributed by atoms with E-state index in [2.05, 4.69) is 20.6 Å². The summed E-state index contributed by atoms with van der Waals surface area (Å²) >= 11 is 0.969. The average Bonchev–Trinajstić information content (AvgIpc) is 3.33. The summed E-state index contributed by atoms with van der Waals surface area (Å²) in [6.45, 7) is 1.10. The first kappa shape index (κ1) is 23.6. The maximum Gasteiger partial charge on any atom is 0.404 e. The van der Waals surface area contributed by atoms with Gasteiger partial charge in [-0.15, -0.1) is 11.3 Å². The molecule has 3 heterocycles. The van der Waals surface area contributed by atoms with Gasteiger partial charge < -0.3 is 20.6 Å². The topological polar surface area (TPSA) is 107 Å². The number of carbonyl (C=O) groups is 2. The van der Waals surface area contributed by atoms with Crippen LogP contribution in [-0.2, 0) is 0 Å². The molecule has 2 aromatic carbocycles. The first-order valence-electron chi connectivity index (χ1n) is 11.2. The first-order chi connectivity index (χ1) is 17.4. The minimum absolute atomic E-state index is 0.0147. The molecule has 8 nitrogen and oxygen atoms in total. The molecule has 0 radical (unpaired) electrons. The largest absolute Gasteiger partial charge is 0.465 e. The molecule has 0 saturated carbocycles. The molecule has 0 bridgehead atoms. The molecular weight excluding hydrogens is 488 g/mol. The number of thiazole rings is 1. The van der Waals surface area contributed by atoms with Crippen LogP contribution >= 0.6 is 11.3 Å². The fraction of sp³-hybridized carbons (Fsp3) is 0.200. The fourth-order valence-electron chi connectivity index (χ4n) is 4.41. The number of fused-ring (bicyclic) bond motifs is 1. The van der Waals surface area contributed by atoms with Gasteiger partial charge in [0.15, 0.2) is 0 Å². The van der Waals surface area contributed by atoms with Crippen molar-refractivity contribution in [2.45, 2.75) is 18.9 Å². The lowest BCUT2D eigenvalue weighted by molar-refractivity contribution is 0.102. The van der Waals surface area contributed by atoms with E-state index in [1.54, 1.807) is 6.20 Å². The second kappa shape index (κ2) is 9.86. The zero-order valence-corrected chi connectivity index (χ0v) is 19.7. The van der Waals surface area contributed by atoms with Gasteiger partial charge in [0.05, 0.1) is 28.7 Å². The van der Waals surface area contributed by atoms with E-state index in [0.717, 1.165) is 46.5 Å². The van der Waals surface area contributed by atoms with Crippen molar-refractivity contribution in [3.63, 3.8) is 0 Å². The Morgan fingerprint density at radius 1 is 1.11 bits per heavy atom. The maximum atomic E-state index is 14.2. The molecule has 1 fully saturated rings. The van der Waals surface area contributed by atoms with E-state index in [1.165, 1.54) is 11.4 Å². The van der Waals surface area contributed by atoms with Crippen molar-refractivity contribution in [2.75, 3.05) is 23.3 Å². The van der Waals surface area contributed by atoms with E-state index < -0.39 is 23.6 Å². The van der Waals surface area contributed by atoms with Gasteiger partial charge >= 0.3 is 6.09 Å². The van der Waals surface area contributed by atoms with Gasteiger partial charge in [-0.3, -0.25) is 9.78 Å². The van der Waals surface area contributed by atoms with Crippen molar-refractivity contribution in [1.29, 1.82) is 0 Å². The molecule has 1 atom stereocenters. The van der Waals surface area contributed by atoms with E-state index in [1.807, 2.05) is 29.2 Å². The molecule has 184 valence electrons. The minimum atomic E-state index is -1.08. The lowest BCUT2D eigenvalue weighted by Gasteiger charge is -2.35. The number of carboxylic acid groups (broad SMARTS) is 1. The predicted molar refractivity (Wildman–Crippen MR) is 134 cm³/mol. The summed E-state index contributed by atoms with van der Waals surface area (Å²) in [5.74, 6) is -2.07. The van der Waals surface area contributed by atoms with Gasteiger partial charge in [0, 0.05) is 29.9 Å². The van der Waals surface area contributed by atoms with Crippen molar-refractivity contribution in [1.82, 2.24) is 15.3 Å². The zero-order valence-electron chi connectivity index (χ0n) is 18.9. The lowest BCUT2D eigenvalue weighted by atomic mass is 10.0. The Bertz CT molecular complexity index is 1440. The number of pyridine rings is 1. The maximum absolute atomic E-state index is 14.2. The summed E-state index contributed by atoms with van der Waals surface area (Å²) in [7, 11) is 0. The molecule has 0 aliphatic carbocycles. The van der Waals surface area contributed by atoms with E-state index in [0.29, 0.717) is 25.2 Å². The third-order valence-corrected chi connectivity index (χ3v) is 6.83. The molecule has 1 aliphatic rings. The Hall–Kier alpha value is -4.12.